The zero-order valence-corrected chi connectivity index (χ0v) is 19.4. The Bertz CT molecular complexity index is 1420. The van der Waals surface area contributed by atoms with Crippen LogP contribution in [0.3, 0.4) is 0 Å². The summed E-state index contributed by atoms with van der Waals surface area (Å²) in [6.07, 6.45) is -1.44. The van der Waals surface area contributed by atoms with Crippen molar-refractivity contribution in [1.82, 2.24) is 0 Å². The van der Waals surface area contributed by atoms with Gasteiger partial charge < -0.3 is 9.47 Å². The Morgan fingerprint density at radius 3 is 1.57 bits per heavy atom. The van der Waals surface area contributed by atoms with E-state index in [2.05, 4.69) is 6.07 Å². The van der Waals surface area contributed by atoms with Crippen LogP contribution in [0.25, 0.3) is 0 Å². The van der Waals surface area contributed by atoms with E-state index in [9.17, 15) is 9.59 Å². The number of carbonyl (C=O) groups is 2. The number of hydrogen-bond acceptors (Lipinski definition) is 4. The number of rotatable bonds is 4. The molecule has 3 aliphatic carbocycles. The maximum Gasteiger partial charge on any atom is 0.338 e. The van der Waals surface area contributed by atoms with Gasteiger partial charge in [0.2, 0.25) is 0 Å². The summed E-state index contributed by atoms with van der Waals surface area (Å²) in [5.41, 5.74) is 4.91. The first-order valence-electron chi connectivity index (χ1n) is 11.5. The molecule has 0 aromatic heterocycles. The Morgan fingerprint density at radius 1 is 0.543 bits per heavy atom. The van der Waals surface area contributed by atoms with Gasteiger partial charge in [0.25, 0.3) is 0 Å². The molecular formula is C30H21ClO4. The van der Waals surface area contributed by atoms with Gasteiger partial charge in [-0.25, -0.2) is 9.59 Å². The van der Waals surface area contributed by atoms with Crippen LogP contribution in [0.4, 0.5) is 0 Å². The lowest BCUT2D eigenvalue weighted by Crippen LogP contribution is -2.51. The summed E-state index contributed by atoms with van der Waals surface area (Å²) in [5.74, 6) is -1.59. The van der Waals surface area contributed by atoms with E-state index in [1.165, 1.54) is 0 Å². The van der Waals surface area contributed by atoms with Crippen LogP contribution in [0.5, 0.6) is 0 Å². The van der Waals surface area contributed by atoms with Crippen molar-refractivity contribution in [2.45, 2.75) is 24.0 Å². The summed E-state index contributed by atoms with van der Waals surface area (Å²) in [6, 6.07) is 31.5. The predicted molar refractivity (Wildman–Crippen MR) is 133 cm³/mol. The van der Waals surface area contributed by atoms with Crippen molar-refractivity contribution in [2.24, 2.45) is 0 Å². The SMILES string of the molecule is O=C(OC1C(OC(=O)c2ccccc2)[C@@H]2c3ccccc3[C@@H]1c1cccc(Cl)c12)c1ccccc1. The van der Waals surface area contributed by atoms with Gasteiger partial charge in [-0.3, -0.25) is 0 Å². The van der Waals surface area contributed by atoms with E-state index < -0.39 is 24.1 Å². The van der Waals surface area contributed by atoms with Gasteiger partial charge in [0.05, 0.1) is 23.0 Å². The van der Waals surface area contributed by atoms with E-state index in [4.69, 9.17) is 21.1 Å². The van der Waals surface area contributed by atoms with Gasteiger partial charge in [-0.15, -0.1) is 0 Å². The number of ether oxygens (including phenoxy) is 2. The average Bonchev–Trinajstić information content (AvgIpc) is 2.91. The molecule has 0 saturated heterocycles. The van der Waals surface area contributed by atoms with Gasteiger partial charge in [0, 0.05) is 5.02 Å². The van der Waals surface area contributed by atoms with E-state index in [0.717, 1.165) is 22.3 Å². The molecule has 0 heterocycles. The maximum absolute atomic E-state index is 13.2. The quantitative estimate of drug-likeness (QED) is 0.318. The van der Waals surface area contributed by atoms with Crippen LogP contribution < -0.4 is 0 Å². The van der Waals surface area contributed by atoms with Gasteiger partial charge in [0.15, 0.2) is 12.2 Å². The second kappa shape index (κ2) is 8.71. The summed E-state index contributed by atoms with van der Waals surface area (Å²) < 4.78 is 12.3. The van der Waals surface area contributed by atoms with Crippen LogP contribution in [0.2, 0.25) is 5.02 Å². The van der Waals surface area contributed by atoms with Crippen LogP contribution in [0.15, 0.2) is 103 Å². The van der Waals surface area contributed by atoms with Crippen LogP contribution in [-0.4, -0.2) is 24.1 Å². The zero-order valence-electron chi connectivity index (χ0n) is 18.6. The molecular weight excluding hydrogens is 460 g/mol. The number of hydrogen-bond donors (Lipinski definition) is 0. The van der Waals surface area contributed by atoms with Crippen LogP contribution in [0.1, 0.15) is 54.8 Å². The highest BCUT2D eigenvalue weighted by atomic mass is 35.5. The first-order chi connectivity index (χ1) is 17.1. The Morgan fingerprint density at radius 2 is 1.00 bits per heavy atom. The third-order valence-electron chi connectivity index (χ3n) is 6.88. The molecule has 0 spiro atoms. The number of halogens is 1. The number of benzene rings is 4. The molecule has 0 amide bonds. The van der Waals surface area contributed by atoms with Gasteiger partial charge in [0.1, 0.15) is 0 Å². The largest absolute Gasteiger partial charge is 0.454 e. The second-order valence-electron chi connectivity index (χ2n) is 8.80. The Hall–Kier alpha value is -3.89. The molecule has 35 heavy (non-hydrogen) atoms. The van der Waals surface area contributed by atoms with Gasteiger partial charge in [-0.1, -0.05) is 84.4 Å². The molecule has 4 atom stereocenters. The zero-order chi connectivity index (χ0) is 23.9. The molecule has 0 N–H and O–H groups in total. The van der Waals surface area contributed by atoms with Gasteiger partial charge in [-0.05, 0) is 52.6 Å². The van der Waals surface area contributed by atoms with Crippen molar-refractivity contribution in [1.29, 1.82) is 0 Å². The monoisotopic (exact) mass is 480 g/mol. The summed E-state index contributed by atoms with van der Waals surface area (Å²) in [6.45, 7) is 0. The lowest BCUT2D eigenvalue weighted by Gasteiger charge is -2.49. The van der Waals surface area contributed by atoms with Crippen molar-refractivity contribution in [2.75, 3.05) is 0 Å². The molecule has 172 valence electrons. The fourth-order valence-electron chi connectivity index (χ4n) is 5.43. The summed E-state index contributed by atoms with van der Waals surface area (Å²) in [5, 5.41) is 0.612. The van der Waals surface area contributed by atoms with Gasteiger partial charge >= 0.3 is 11.9 Å². The number of carbonyl (C=O) groups excluding carboxylic acids is 2. The molecule has 0 aliphatic heterocycles. The minimum atomic E-state index is -0.734. The normalized spacial score (nSPS) is 21.5. The topological polar surface area (TPSA) is 52.6 Å². The fourth-order valence-corrected chi connectivity index (χ4v) is 5.73. The van der Waals surface area contributed by atoms with Crippen LogP contribution in [-0.2, 0) is 9.47 Å². The third-order valence-corrected chi connectivity index (χ3v) is 7.21. The molecule has 0 radical (unpaired) electrons. The maximum atomic E-state index is 13.2. The Kier molecular flexibility index (Phi) is 5.39. The molecule has 2 unspecified atom stereocenters. The van der Waals surface area contributed by atoms with E-state index in [0.29, 0.717) is 16.1 Å². The molecule has 4 aromatic carbocycles. The van der Waals surface area contributed by atoms with Crippen molar-refractivity contribution in [3.63, 3.8) is 0 Å². The van der Waals surface area contributed by atoms with E-state index in [-0.39, 0.29) is 11.8 Å². The van der Waals surface area contributed by atoms with Crippen molar-refractivity contribution >= 4 is 23.5 Å². The number of esters is 2. The number of fused-ring (bicyclic) bond motifs is 1. The molecule has 2 bridgehead atoms. The van der Waals surface area contributed by atoms with Crippen LogP contribution >= 0.6 is 11.6 Å². The fraction of sp³-hybridized carbons (Fsp3) is 0.133. The second-order valence-corrected chi connectivity index (χ2v) is 9.21. The lowest BCUT2D eigenvalue weighted by molar-refractivity contribution is -0.0557. The molecule has 4 aromatic rings. The van der Waals surface area contributed by atoms with Crippen molar-refractivity contribution in [3.8, 4) is 0 Å². The smallest absolute Gasteiger partial charge is 0.338 e. The van der Waals surface area contributed by atoms with E-state index in [1.807, 2.05) is 48.5 Å². The average molecular weight is 481 g/mol. The van der Waals surface area contributed by atoms with Crippen molar-refractivity contribution < 1.29 is 19.1 Å². The van der Waals surface area contributed by atoms with E-state index in [1.54, 1.807) is 48.5 Å². The predicted octanol–water partition coefficient (Wildman–Crippen LogP) is 6.38. The standard InChI is InChI=1S/C30H21ClO4/c31-23-17-9-16-22-24-20-14-7-8-15-21(20)26(25(22)23)28(35-30(33)19-12-5-2-6-13-19)27(24)34-29(32)18-10-3-1-4-11-18/h1-17,24,26-28H/t24-,26-,27?,28?/m1/s1. The highest BCUT2D eigenvalue weighted by Gasteiger charge is 2.54. The highest BCUT2D eigenvalue weighted by Crippen LogP contribution is 2.56. The Balaban J connectivity index is 1.48. The summed E-state index contributed by atoms with van der Waals surface area (Å²) in [7, 11) is 0. The highest BCUT2D eigenvalue weighted by molar-refractivity contribution is 6.31. The van der Waals surface area contributed by atoms with Gasteiger partial charge in [-0.2, -0.15) is 0 Å². The van der Waals surface area contributed by atoms with Crippen molar-refractivity contribution in [3.05, 3.63) is 142 Å². The van der Waals surface area contributed by atoms with Crippen LogP contribution in [0, 0.1) is 0 Å². The molecule has 7 rings (SSSR count). The summed E-state index contributed by atoms with van der Waals surface area (Å²) in [4.78, 5) is 26.4. The third kappa shape index (κ3) is 3.62. The summed E-state index contributed by atoms with van der Waals surface area (Å²) >= 11 is 6.72. The molecule has 5 heteroatoms. The molecule has 3 aliphatic rings. The molecule has 4 nitrogen and oxygen atoms in total. The van der Waals surface area contributed by atoms with E-state index >= 15 is 0 Å². The molecule has 0 saturated carbocycles. The Labute approximate surface area is 208 Å². The first-order valence-corrected chi connectivity index (χ1v) is 11.9. The first kappa shape index (κ1) is 21.6. The lowest BCUT2D eigenvalue weighted by atomic mass is 9.61. The minimum absolute atomic E-state index is 0.314. The minimum Gasteiger partial charge on any atom is -0.454 e. The molecule has 0 fully saturated rings.